The number of phenols is 1. The molecule has 0 spiro atoms. The van der Waals surface area contributed by atoms with Gasteiger partial charge in [-0.05, 0) is 54.2 Å². The summed E-state index contributed by atoms with van der Waals surface area (Å²) in [5, 5.41) is 12.2. The molecule has 2 aromatic rings. The van der Waals surface area contributed by atoms with Gasteiger partial charge in [-0.15, -0.1) is 0 Å². The van der Waals surface area contributed by atoms with Gasteiger partial charge in [-0.1, -0.05) is 43.5 Å². The molecule has 0 bridgehead atoms. The van der Waals surface area contributed by atoms with Gasteiger partial charge < -0.3 is 15.2 Å². The lowest BCUT2D eigenvalue weighted by Gasteiger charge is -2.21. The number of amides is 1. The second kappa shape index (κ2) is 9.21. The molecule has 142 valence electrons. The molecular weight excluding hydrogens is 342 g/mol. The highest BCUT2D eigenvalue weighted by atomic mass is 16.5. The standard InChI is InChI=1S/C22H25NO4/c24-20-12-10-18(11-13-20)17-6-8-19(9-7-17)22(26)27-15-21(25)23-14-16-4-2-1-3-5-16/h6-13,16,24H,1-5,14-15H2,(H,23,25). The average molecular weight is 367 g/mol. The number of phenolic OH excluding ortho intramolecular Hbond substituents is 1. The Hall–Kier alpha value is -2.82. The molecule has 0 heterocycles. The number of hydrogen-bond acceptors (Lipinski definition) is 4. The highest BCUT2D eigenvalue weighted by Crippen LogP contribution is 2.23. The molecule has 2 aromatic carbocycles. The van der Waals surface area contributed by atoms with Crippen molar-refractivity contribution in [1.82, 2.24) is 5.32 Å². The SMILES string of the molecule is O=C(COC(=O)c1ccc(-c2ccc(O)cc2)cc1)NCC1CCCCC1. The van der Waals surface area contributed by atoms with E-state index in [-0.39, 0.29) is 18.3 Å². The summed E-state index contributed by atoms with van der Waals surface area (Å²) in [6, 6.07) is 13.8. The summed E-state index contributed by atoms with van der Waals surface area (Å²) in [5.74, 6) is -0.0127. The van der Waals surface area contributed by atoms with Crippen LogP contribution < -0.4 is 5.32 Å². The number of esters is 1. The van der Waals surface area contributed by atoms with Crippen LogP contribution in [-0.4, -0.2) is 30.1 Å². The first kappa shape index (κ1) is 19.0. The summed E-state index contributed by atoms with van der Waals surface area (Å²) in [4.78, 5) is 24.0. The molecule has 0 radical (unpaired) electrons. The fourth-order valence-electron chi connectivity index (χ4n) is 3.37. The molecule has 5 nitrogen and oxygen atoms in total. The predicted octanol–water partition coefficient (Wildman–Crippen LogP) is 3.91. The Morgan fingerprint density at radius 1 is 0.926 bits per heavy atom. The zero-order chi connectivity index (χ0) is 19.1. The second-order valence-corrected chi connectivity index (χ2v) is 7.01. The molecule has 27 heavy (non-hydrogen) atoms. The average Bonchev–Trinajstić information content (AvgIpc) is 2.72. The molecule has 1 fully saturated rings. The quantitative estimate of drug-likeness (QED) is 0.759. The number of carbonyl (C=O) groups is 2. The summed E-state index contributed by atoms with van der Waals surface area (Å²) in [6.45, 7) is 0.406. The minimum atomic E-state index is -0.514. The molecule has 3 rings (SSSR count). The van der Waals surface area contributed by atoms with Crippen molar-refractivity contribution in [2.24, 2.45) is 5.92 Å². The fraction of sp³-hybridized carbons (Fsp3) is 0.364. The van der Waals surface area contributed by atoms with Crippen LogP contribution in [-0.2, 0) is 9.53 Å². The molecule has 0 atom stereocenters. The highest BCUT2D eigenvalue weighted by molar-refractivity contribution is 5.91. The van der Waals surface area contributed by atoms with Crippen LogP contribution in [0.1, 0.15) is 42.5 Å². The number of rotatable bonds is 6. The van der Waals surface area contributed by atoms with Gasteiger partial charge in [-0.25, -0.2) is 4.79 Å². The van der Waals surface area contributed by atoms with E-state index in [1.54, 1.807) is 36.4 Å². The number of carbonyl (C=O) groups excluding carboxylic acids is 2. The third-order valence-electron chi connectivity index (χ3n) is 4.97. The van der Waals surface area contributed by atoms with Gasteiger partial charge in [0.1, 0.15) is 5.75 Å². The van der Waals surface area contributed by atoms with Gasteiger partial charge in [0.2, 0.25) is 0 Å². The van der Waals surface area contributed by atoms with Crippen molar-refractivity contribution in [3.8, 4) is 16.9 Å². The number of benzene rings is 2. The van der Waals surface area contributed by atoms with Gasteiger partial charge in [0.25, 0.3) is 5.91 Å². The van der Waals surface area contributed by atoms with Crippen LogP contribution in [0.5, 0.6) is 5.75 Å². The second-order valence-electron chi connectivity index (χ2n) is 7.01. The zero-order valence-electron chi connectivity index (χ0n) is 15.3. The van der Waals surface area contributed by atoms with E-state index in [2.05, 4.69) is 5.32 Å². The number of nitrogens with one attached hydrogen (secondary N) is 1. The third-order valence-corrected chi connectivity index (χ3v) is 4.97. The minimum absolute atomic E-state index is 0.209. The van der Waals surface area contributed by atoms with Gasteiger partial charge in [0.15, 0.2) is 6.61 Å². The van der Waals surface area contributed by atoms with Crippen molar-refractivity contribution < 1.29 is 19.4 Å². The molecule has 1 aliphatic rings. The normalized spacial score (nSPS) is 14.5. The molecule has 5 heteroatoms. The van der Waals surface area contributed by atoms with Crippen LogP contribution in [0.4, 0.5) is 0 Å². The number of hydrogen-bond donors (Lipinski definition) is 2. The smallest absolute Gasteiger partial charge is 0.338 e. The zero-order valence-corrected chi connectivity index (χ0v) is 15.3. The molecule has 2 N–H and O–H groups in total. The Balaban J connectivity index is 1.46. The summed E-state index contributed by atoms with van der Waals surface area (Å²) in [6.07, 6.45) is 6.07. The number of ether oxygens (including phenoxy) is 1. The summed E-state index contributed by atoms with van der Waals surface area (Å²) in [7, 11) is 0. The van der Waals surface area contributed by atoms with E-state index >= 15 is 0 Å². The summed E-state index contributed by atoms with van der Waals surface area (Å²) < 4.78 is 5.11. The largest absolute Gasteiger partial charge is 0.508 e. The first-order valence-electron chi connectivity index (χ1n) is 9.45. The van der Waals surface area contributed by atoms with Crippen LogP contribution >= 0.6 is 0 Å². The molecular formula is C22H25NO4. The van der Waals surface area contributed by atoms with Crippen LogP contribution in [0.25, 0.3) is 11.1 Å². The summed E-state index contributed by atoms with van der Waals surface area (Å²) in [5.41, 5.74) is 2.27. The molecule has 1 amide bonds. The maximum atomic E-state index is 12.1. The first-order valence-corrected chi connectivity index (χ1v) is 9.45. The first-order chi connectivity index (χ1) is 13.1. The van der Waals surface area contributed by atoms with E-state index in [0.717, 1.165) is 24.0 Å². The topological polar surface area (TPSA) is 75.6 Å². The lowest BCUT2D eigenvalue weighted by Crippen LogP contribution is -2.33. The van der Waals surface area contributed by atoms with E-state index in [1.807, 2.05) is 12.1 Å². The van der Waals surface area contributed by atoms with Gasteiger partial charge in [-0.2, -0.15) is 0 Å². The van der Waals surface area contributed by atoms with Gasteiger partial charge in [0.05, 0.1) is 5.56 Å². The van der Waals surface area contributed by atoms with Crippen molar-refractivity contribution in [3.05, 3.63) is 54.1 Å². The van der Waals surface area contributed by atoms with Gasteiger partial charge in [0, 0.05) is 6.54 Å². The Kier molecular flexibility index (Phi) is 6.47. The van der Waals surface area contributed by atoms with Crippen molar-refractivity contribution in [2.45, 2.75) is 32.1 Å². The molecule has 1 saturated carbocycles. The Morgan fingerprint density at radius 3 is 2.15 bits per heavy atom. The molecule has 0 aromatic heterocycles. The predicted molar refractivity (Wildman–Crippen MR) is 103 cm³/mol. The molecule has 0 unspecified atom stereocenters. The molecule has 1 aliphatic carbocycles. The summed E-state index contributed by atoms with van der Waals surface area (Å²) >= 11 is 0. The van der Waals surface area contributed by atoms with E-state index in [0.29, 0.717) is 18.0 Å². The van der Waals surface area contributed by atoms with Crippen LogP contribution in [0.15, 0.2) is 48.5 Å². The molecule has 0 aliphatic heterocycles. The highest BCUT2D eigenvalue weighted by Gasteiger charge is 2.15. The Labute approximate surface area is 159 Å². The van der Waals surface area contributed by atoms with Gasteiger partial charge >= 0.3 is 5.97 Å². The van der Waals surface area contributed by atoms with E-state index in [4.69, 9.17) is 4.74 Å². The van der Waals surface area contributed by atoms with Crippen molar-refractivity contribution in [1.29, 1.82) is 0 Å². The van der Waals surface area contributed by atoms with E-state index in [9.17, 15) is 14.7 Å². The van der Waals surface area contributed by atoms with Gasteiger partial charge in [-0.3, -0.25) is 4.79 Å². The Bertz CT molecular complexity index is 762. The van der Waals surface area contributed by atoms with E-state index in [1.165, 1.54) is 19.3 Å². The van der Waals surface area contributed by atoms with Crippen LogP contribution in [0, 0.1) is 5.92 Å². The molecule has 0 saturated heterocycles. The fourth-order valence-corrected chi connectivity index (χ4v) is 3.37. The lowest BCUT2D eigenvalue weighted by molar-refractivity contribution is -0.124. The third kappa shape index (κ3) is 5.58. The number of aromatic hydroxyl groups is 1. The van der Waals surface area contributed by atoms with Crippen molar-refractivity contribution in [3.63, 3.8) is 0 Å². The lowest BCUT2D eigenvalue weighted by atomic mass is 9.89. The Morgan fingerprint density at radius 2 is 1.52 bits per heavy atom. The van der Waals surface area contributed by atoms with Crippen LogP contribution in [0.2, 0.25) is 0 Å². The maximum Gasteiger partial charge on any atom is 0.338 e. The van der Waals surface area contributed by atoms with Crippen molar-refractivity contribution >= 4 is 11.9 Å². The monoisotopic (exact) mass is 367 g/mol. The minimum Gasteiger partial charge on any atom is -0.508 e. The van der Waals surface area contributed by atoms with Crippen LogP contribution in [0.3, 0.4) is 0 Å². The van der Waals surface area contributed by atoms with Crippen molar-refractivity contribution in [2.75, 3.05) is 13.2 Å². The van der Waals surface area contributed by atoms with E-state index < -0.39 is 5.97 Å². The maximum absolute atomic E-state index is 12.1.